The molecule has 0 fully saturated rings. The van der Waals surface area contributed by atoms with Crippen molar-refractivity contribution < 1.29 is 18.9 Å². The van der Waals surface area contributed by atoms with Gasteiger partial charge in [-0.05, 0) is 0 Å². The van der Waals surface area contributed by atoms with Crippen LogP contribution in [0, 0.1) is 6.92 Å². The number of hydrogen-bond acceptors (Lipinski definition) is 0. The molecule has 0 heterocycles. The Morgan fingerprint density at radius 3 is 1.88 bits per heavy atom. The first kappa shape index (κ1) is 15.9. The van der Waals surface area contributed by atoms with Crippen molar-refractivity contribution in [2.45, 2.75) is 32.6 Å². The van der Waals surface area contributed by atoms with Crippen LogP contribution in [0.5, 0.6) is 0 Å². The van der Waals surface area contributed by atoms with Crippen molar-refractivity contribution in [3.8, 4) is 0 Å². The van der Waals surface area contributed by atoms with Crippen LogP contribution in [0.25, 0.3) is 0 Å². The molecular formula is C6H13BLi. The molecule has 2 heteroatoms. The van der Waals surface area contributed by atoms with E-state index in [0.29, 0.717) is 0 Å². The van der Waals surface area contributed by atoms with E-state index in [4.69, 9.17) is 0 Å². The first-order chi connectivity index (χ1) is 2.91. The second-order valence-electron chi connectivity index (χ2n) is 1.56. The first-order valence-corrected chi connectivity index (χ1v) is 2.71. The second-order valence-corrected chi connectivity index (χ2v) is 1.56. The van der Waals surface area contributed by atoms with Gasteiger partial charge >= 0.3 is 18.9 Å². The van der Waals surface area contributed by atoms with E-state index in [1.54, 1.807) is 0 Å². The zero-order chi connectivity index (χ0) is 4.83. The number of hydrogen-bond donors (Lipinski definition) is 0. The molecule has 0 nitrogen and oxygen atoms in total. The van der Waals surface area contributed by atoms with Crippen LogP contribution in [0.3, 0.4) is 0 Å². The first-order valence-electron chi connectivity index (χ1n) is 2.71. The molecule has 0 aliphatic rings. The topological polar surface area (TPSA) is 0 Å². The molecule has 0 saturated carbocycles. The third-order valence-corrected chi connectivity index (χ3v) is 0.854. The molecular weight excluding hydrogens is 89.8 g/mol. The van der Waals surface area contributed by atoms with Crippen molar-refractivity contribution in [3.05, 3.63) is 6.92 Å². The van der Waals surface area contributed by atoms with Crippen molar-refractivity contribution >= 4 is 8.41 Å². The molecule has 0 rings (SSSR count). The fourth-order valence-electron chi connectivity index (χ4n) is 0.427. The van der Waals surface area contributed by atoms with Crippen molar-refractivity contribution in [3.63, 3.8) is 0 Å². The maximum Gasteiger partial charge on any atom is 1.00 e. The summed E-state index contributed by atoms with van der Waals surface area (Å²) in [4.78, 5) is 0. The van der Waals surface area contributed by atoms with E-state index >= 15 is 0 Å². The average molecular weight is 103 g/mol. The van der Waals surface area contributed by atoms with E-state index < -0.39 is 0 Å². The predicted octanol–water partition coefficient (Wildman–Crippen LogP) is -0.976. The molecule has 0 aromatic heterocycles. The quantitative estimate of drug-likeness (QED) is 0.245. The molecule has 0 amide bonds. The Kier molecular flexibility index (Phi) is 31.0. The van der Waals surface area contributed by atoms with Crippen LogP contribution in [-0.4, -0.2) is 8.41 Å². The fourth-order valence-corrected chi connectivity index (χ4v) is 0.427. The Morgan fingerprint density at radius 2 is 1.75 bits per heavy atom. The molecule has 0 saturated heterocycles. The molecule has 41 valence electrons. The van der Waals surface area contributed by atoms with E-state index in [2.05, 4.69) is 13.8 Å². The monoisotopic (exact) mass is 103 g/mol. The zero-order valence-corrected chi connectivity index (χ0v) is 6.11. The van der Waals surface area contributed by atoms with Gasteiger partial charge in [-0.15, -0.1) is 0 Å². The summed E-state index contributed by atoms with van der Waals surface area (Å²) >= 11 is 0. The molecule has 0 aromatic carbocycles. The summed E-state index contributed by atoms with van der Waals surface area (Å²) in [6.45, 7) is 5.93. The van der Waals surface area contributed by atoms with Crippen molar-refractivity contribution in [1.82, 2.24) is 0 Å². The van der Waals surface area contributed by atoms with Crippen LogP contribution in [-0.2, 0) is 0 Å². The number of unbranched alkanes of at least 4 members (excludes halogenated alkanes) is 3. The standard InChI is InChI=1S/C6H13.B.Li/c1-3-5-6-4-2;;/h1,3-6H2,2H3;;/q-1;;+1. The maximum atomic E-state index is 3.72. The number of rotatable bonds is 3. The molecule has 0 N–H and O–H groups in total. The molecule has 3 radical (unpaired) electrons. The predicted molar refractivity (Wildman–Crippen MR) is 35.3 cm³/mol. The largest absolute Gasteiger partial charge is 1.00 e. The summed E-state index contributed by atoms with van der Waals surface area (Å²) in [5, 5.41) is 0. The smallest absolute Gasteiger partial charge is 0.343 e. The van der Waals surface area contributed by atoms with Gasteiger partial charge in [0.1, 0.15) is 0 Å². The Bertz CT molecular complexity index is 20.5. The molecule has 0 unspecified atom stereocenters. The third kappa shape index (κ3) is 15.9. The normalized spacial score (nSPS) is 6.75. The minimum atomic E-state index is 0. The van der Waals surface area contributed by atoms with Crippen LogP contribution in [0.2, 0.25) is 0 Å². The van der Waals surface area contributed by atoms with E-state index in [1.807, 2.05) is 0 Å². The SMILES string of the molecule is [B].[CH2-]CCCCC.[Li+]. The molecule has 8 heavy (non-hydrogen) atoms. The van der Waals surface area contributed by atoms with Gasteiger partial charge in [-0.1, -0.05) is 26.2 Å². The van der Waals surface area contributed by atoms with Crippen molar-refractivity contribution in [2.24, 2.45) is 0 Å². The van der Waals surface area contributed by atoms with Gasteiger partial charge in [-0.2, -0.15) is 6.42 Å². The van der Waals surface area contributed by atoms with Crippen molar-refractivity contribution in [2.75, 3.05) is 0 Å². The van der Waals surface area contributed by atoms with E-state index in [0.717, 1.165) is 6.42 Å². The zero-order valence-electron chi connectivity index (χ0n) is 6.11. The summed E-state index contributed by atoms with van der Waals surface area (Å²) in [5.74, 6) is 0. The Labute approximate surface area is 67.2 Å². The van der Waals surface area contributed by atoms with E-state index in [1.165, 1.54) is 19.3 Å². The molecule has 0 spiro atoms. The minimum Gasteiger partial charge on any atom is -0.343 e. The molecule has 0 bridgehead atoms. The van der Waals surface area contributed by atoms with Crippen LogP contribution >= 0.6 is 0 Å². The molecule has 0 aliphatic carbocycles. The van der Waals surface area contributed by atoms with Crippen molar-refractivity contribution in [1.29, 1.82) is 0 Å². The van der Waals surface area contributed by atoms with Gasteiger partial charge < -0.3 is 6.92 Å². The van der Waals surface area contributed by atoms with Crippen LogP contribution in [0.15, 0.2) is 0 Å². The van der Waals surface area contributed by atoms with Gasteiger partial charge in [0.15, 0.2) is 0 Å². The van der Waals surface area contributed by atoms with E-state index in [9.17, 15) is 0 Å². The maximum absolute atomic E-state index is 3.72. The fraction of sp³-hybridized carbons (Fsp3) is 0.833. The van der Waals surface area contributed by atoms with Gasteiger partial charge in [-0.25, -0.2) is 0 Å². The van der Waals surface area contributed by atoms with Crippen LogP contribution < -0.4 is 18.9 Å². The molecule has 0 aromatic rings. The summed E-state index contributed by atoms with van der Waals surface area (Å²) in [6.07, 6.45) is 5.07. The summed E-state index contributed by atoms with van der Waals surface area (Å²) in [5.41, 5.74) is 0. The third-order valence-electron chi connectivity index (χ3n) is 0.854. The Morgan fingerprint density at radius 1 is 1.25 bits per heavy atom. The Balaban J connectivity index is -0.000000125. The molecule has 0 aliphatic heterocycles. The second kappa shape index (κ2) is 15.6. The summed E-state index contributed by atoms with van der Waals surface area (Å²) in [6, 6.07) is 0. The summed E-state index contributed by atoms with van der Waals surface area (Å²) < 4.78 is 0. The van der Waals surface area contributed by atoms with E-state index in [-0.39, 0.29) is 27.3 Å². The molecule has 0 atom stereocenters. The summed E-state index contributed by atoms with van der Waals surface area (Å²) in [7, 11) is 0. The van der Waals surface area contributed by atoms with Gasteiger partial charge in [0.05, 0.1) is 0 Å². The van der Waals surface area contributed by atoms with Gasteiger partial charge in [-0.3, -0.25) is 0 Å². The van der Waals surface area contributed by atoms with Crippen LogP contribution in [0.1, 0.15) is 32.6 Å². The van der Waals surface area contributed by atoms with Crippen LogP contribution in [0.4, 0.5) is 0 Å². The van der Waals surface area contributed by atoms with Gasteiger partial charge in [0.25, 0.3) is 0 Å². The Hall–Kier alpha value is 0.662. The van der Waals surface area contributed by atoms with Gasteiger partial charge in [0, 0.05) is 8.41 Å². The van der Waals surface area contributed by atoms with Gasteiger partial charge in [0.2, 0.25) is 0 Å². The average Bonchev–Trinajstić information content (AvgIpc) is 1.61. The minimum absolute atomic E-state index is 0.